The van der Waals surface area contributed by atoms with Crippen LogP contribution in [0.25, 0.3) is 0 Å². The summed E-state index contributed by atoms with van der Waals surface area (Å²) in [5, 5.41) is 0. The van der Waals surface area contributed by atoms with Gasteiger partial charge in [-0.3, -0.25) is 14.4 Å². The lowest BCUT2D eigenvalue weighted by molar-refractivity contribution is -0.167. The molecule has 1 unspecified atom stereocenters. The van der Waals surface area contributed by atoms with Crippen molar-refractivity contribution in [1.29, 1.82) is 0 Å². The lowest BCUT2D eigenvalue weighted by Crippen LogP contribution is -2.30. The molecule has 0 aromatic rings. The summed E-state index contributed by atoms with van der Waals surface area (Å²) in [7, 11) is 0. The maximum Gasteiger partial charge on any atom is 0.306 e. The molecule has 0 aliphatic heterocycles. The van der Waals surface area contributed by atoms with Crippen LogP contribution in [0.2, 0.25) is 0 Å². The van der Waals surface area contributed by atoms with E-state index in [1.807, 2.05) is 0 Å². The Morgan fingerprint density at radius 1 is 0.396 bits per heavy atom. The molecule has 1 atom stereocenters. The second kappa shape index (κ2) is 42.1. The first-order chi connectivity index (χ1) is 26.0. The highest BCUT2D eigenvalue weighted by molar-refractivity contribution is 5.71. The minimum absolute atomic E-state index is 0.0967. The molecule has 0 amide bonds. The lowest BCUT2D eigenvalue weighted by Gasteiger charge is -2.18. The molecule has 0 heterocycles. The smallest absolute Gasteiger partial charge is 0.306 e. The standard InChI is InChI=1S/C47H82O6/c1-4-7-10-13-16-19-22-23-24-26-28-31-34-37-40-46(49)52-43-44(42-51-45(48)39-36-33-30-27-21-18-15-12-9-6-3)53-47(50)41-38-35-32-29-25-20-17-14-11-8-5-2/h8,11,17,20,24,26,29,32,44H,4-7,9-10,12-16,18-19,21-23,25,27-28,30-31,33-43H2,1-3H3/b11-8-,20-17-,26-24-,32-29-. The second-order valence-corrected chi connectivity index (χ2v) is 14.6. The normalized spacial score (nSPS) is 12.4. The largest absolute Gasteiger partial charge is 0.462 e. The zero-order chi connectivity index (χ0) is 38.7. The SMILES string of the molecule is CC/C=C\C/C=C\C/C=C\CCCC(=O)OC(COC(=O)CCCCC/C=C\CCCCCCCCC)COC(=O)CCCCCCCCCCCC. The number of carbonyl (C=O) groups excluding carboxylic acids is 3. The van der Waals surface area contributed by atoms with E-state index in [0.29, 0.717) is 19.3 Å². The molecular weight excluding hydrogens is 661 g/mol. The van der Waals surface area contributed by atoms with Crippen LogP contribution in [-0.2, 0) is 28.6 Å². The predicted octanol–water partition coefficient (Wildman–Crippen LogP) is 14.0. The number of unbranched alkanes of at least 4 members (excludes halogenated alkanes) is 20. The van der Waals surface area contributed by atoms with Gasteiger partial charge in [-0.05, 0) is 70.6 Å². The number of ether oxygens (including phenoxy) is 3. The van der Waals surface area contributed by atoms with Crippen molar-refractivity contribution < 1.29 is 28.6 Å². The first-order valence-corrected chi connectivity index (χ1v) is 22.1. The highest BCUT2D eigenvalue weighted by atomic mass is 16.6. The number of hydrogen-bond acceptors (Lipinski definition) is 6. The molecular formula is C47H82O6. The van der Waals surface area contributed by atoms with Gasteiger partial charge in [0, 0.05) is 19.3 Å². The fourth-order valence-electron chi connectivity index (χ4n) is 5.99. The van der Waals surface area contributed by atoms with E-state index in [-0.39, 0.29) is 37.5 Å². The Bertz CT molecular complexity index is 949. The van der Waals surface area contributed by atoms with Gasteiger partial charge in [-0.25, -0.2) is 0 Å². The van der Waals surface area contributed by atoms with Gasteiger partial charge in [-0.15, -0.1) is 0 Å². The summed E-state index contributed by atoms with van der Waals surface area (Å²) in [6.07, 6.45) is 48.2. The molecule has 0 aromatic heterocycles. The number of rotatable bonds is 39. The Kier molecular flexibility index (Phi) is 40.0. The van der Waals surface area contributed by atoms with E-state index in [4.69, 9.17) is 14.2 Å². The minimum atomic E-state index is -0.799. The zero-order valence-corrected chi connectivity index (χ0v) is 34.8. The average Bonchev–Trinajstić information content (AvgIpc) is 3.15. The number of hydrogen-bond donors (Lipinski definition) is 0. The molecule has 6 nitrogen and oxygen atoms in total. The monoisotopic (exact) mass is 743 g/mol. The molecule has 0 spiro atoms. The zero-order valence-electron chi connectivity index (χ0n) is 34.8. The summed E-state index contributed by atoms with van der Waals surface area (Å²) in [5.41, 5.74) is 0. The summed E-state index contributed by atoms with van der Waals surface area (Å²) in [6, 6.07) is 0. The molecule has 0 aromatic carbocycles. The van der Waals surface area contributed by atoms with Gasteiger partial charge >= 0.3 is 17.9 Å². The maximum absolute atomic E-state index is 12.6. The van der Waals surface area contributed by atoms with Crippen LogP contribution in [0.3, 0.4) is 0 Å². The fraction of sp³-hybridized carbons (Fsp3) is 0.766. The van der Waals surface area contributed by atoms with Gasteiger partial charge in [0.25, 0.3) is 0 Å². The van der Waals surface area contributed by atoms with Crippen molar-refractivity contribution in [2.75, 3.05) is 13.2 Å². The van der Waals surface area contributed by atoms with Crippen molar-refractivity contribution in [1.82, 2.24) is 0 Å². The molecule has 0 saturated heterocycles. The van der Waals surface area contributed by atoms with Gasteiger partial charge in [-0.1, -0.05) is 172 Å². The van der Waals surface area contributed by atoms with Gasteiger partial charge in [0.05, 0.1) is 0 Å². The Labute approximate surface area is 327 Å². The topological polar surface area (TPSA) is 78.9 Å². The van der Waals surface area contributed by atoms with Crippen LogP contribution >= 0.6 is 0 Å². The van der Waals surface area contributed by atoms with E-state index in [1.54, 1.807) is 0 Å². The second-order valence-electron chi connectivity index (χ2n) is 14.6. The van der Waals surface area contributed by atoms with Crippen LogP contribution in [0.5, 0.6) is 0 Å². The number of carbonyl (C=O) groups is 3. The van der Waals surface area contributed by atoms with Crippen LogP contribution in [0.1, 0.15) is 213 Å². The van der Waals surface area contributed by atoms with E-state index >= 15 is 0 Å². The van der Waals surface area contributed by atoms with Gasteiger partial charge in [0.15, 0.2) is 6.10 Å². The number of allylic oxidation sites excluding steroid dienone is 8. The third-order valence-electron chi connectivity index (χ3n) is 9.32. The third kappa shape index (κ3) is 40.4. The summed E-state index contributed by atoms with van der Waals surface area (Å²) in [4.78, 5) is 37.6. The molecule has 306 valence electrons. The predicted molar refractivity (Wildman–Crippen MR) is 224 cm³/mol. The molecule has 0 fully saturated rings. The molecule has 0 rings (SSSR count). The molecule has 0 N–H and O–H groups in total. The van der Waals surface area contributed by atoms with Crippen molar-refractivity contribution in [2.24, 2.45) is 0 Å². The molecule has 6 heteroatoms. The van der Waals surface area contributed by atoms with Crippen molar-refractivity contribution in [3.63, 3.8) is 0 Å². The fourth-order valence-corrected chi connectivity index (χ4v) is 5.99. The molecule has 0 saturated carbocycles. The van der Waals surface area contributed by atoms with Gasteiger partial charge in [0.2, 0.25) is 0 Å². The molecule has 0 radical (unpaired) electrons. The Morgan fingerprint density at radius 3 is 1.25 bits per heavy atom. The van der Waals surface area contributed by atoms with E-state index in [9.17, 15) is 14.4 Å². The van der Waals surface area contributed by atoms with E-state index in [0.717, 1.165) is 77.0 Å². The molecule has 0 aliphatic rings. The van der Waals surface area contributed by atoms with Crippen LogP contribution in [0.15, 0.2) is 48.6 Å². The molecule has 0 bridgehead atoms. The Hall–Kier alpha value is -2.63. The quantitative estimate of drug-likeness (QED) is 0.0270. The van der Waals surface area contributed by atoms with Gasteiger partial charge in [0.1, 0.15) is 13.2 Å². The van der Waals surface area contributed by atoms with E-state index in [1.165, 1.54) is 89.9 Å². The third-order valence-corrected chi connectivity index (χ3v) is 9.32. The van der Waals surface area contributed by atoms with Crippen molar-refractivity contribution in [3.8, 4) is 0 Å². The van der Waals surface area contributed by atoms with Gasteiger partial charge in [-0.2, -0.15) is 0 Å². The Morgan fingerprint density at radius 2 is 0.755 bits per heavy atom. The summed E-state index contributed by atoms with van der Waals surface area (Å²) in [6.45, 7) is 6.43. The van der Waals surface area contributed by atoms with Gasteiger partial charge < -0.3 is 14.2 Å². The van der Waals surface area contributed by atoms with Crippen molar-refractivity contribution >= 4 is 17.9 Å². The van der Waals surface area contributed by atoms with Crippen LogP contribution in [0, 0.1) is 0 Å². The summed E-state index contributed by atoms with van der Waals surface area (Å²) >= 11 is 0. The summed E-state index contributed by atoms with van der Waals surface area (Å²) in [5.74, 6) is -0.973. The minimum Gasteiger partial charge on any atom is -0.462 e. The first kappa shape index (κ1) is 50.4. The van der Waals surface area contributed by atoms with Crippen LogP contribution in [-0.4, -0.2) is 37.2 Å². The molecule has 0 aliphatic carbocycles. The van der Waals surface area contributed by atoms with E-state index < -0.39 is 6.10 Å². The highest BCUT2D eigenvalue weighted by Crippen LogP contribution is 2.13. The average molecular weight is 743 g/mol. The lowest BCUT2D eigenvalue weighted by atomic mass is 10.1. The number of esters is 3. The molecule has 53 heavy (non-hydrogen) atoms. The first-order valence-electron chi connectivity index (χ1n) is 22.1. The highest BCUT2D eigenvalue weighted by Gasteiger charge is 2.19. The van der Waals surface area contributed by atoms with E-state index in [2.05, 4.69) is 69.4 Å². The maximum atomic E-state index is 12.6. The Balaban J connectivity index is 4.44. The van der Waals surface area contributed by atoms with Crippen LogP contribution in [0.4, 0.5) is 0 Å². The van der Waals surface area contributed by atoms with Crippen LogP contribution < -0.4 is 0 Å². The van der Waals surface area contributed by atoms with Crippen molar-refractivity contribution in [2.45, 2.75) is 219 Å². The summed E-state index contributed by atoms with van der Waals surface area (Å²) < 4.78 is 16.6. The van der Waals surface area contributed by atoms with Crippen molar-refractivity contribution in [3.05, 3.63) is 48.6 Å².